The van der Waals surface area contributed by atoms with Crippen LogP contribution in [0, 0.1) is 0 Å². The molecule has 1 N–H and O–H groups in total. The molecule has 0 atom stereocenters. The van der Waals surface area contributed by atoms with E-state index in [1.807, 2.05) is 0 Å². The maximum Gasteiger partial charge on any atom is 0.264 e. The molecule has 0 fully saturated rings. The molecule has 0 saturated carbocycles. The van der Waals surface area contributed by atoms with Crippen molar-refractivity contribution in [2.75, 3.05) is 22.4 Å². The van der Waals surface area contributed by atoms with Crippen LogP contribution in [0.5, 0.6) is 0 Å². The molecule has 1 amide bonds. The van der Waals surface area contributed by atoms with Gasteiger partial charge in [-0.3, -0.25) is 14.4 Å². The van der Waals surface area contributed by atoms with Crippen molar-refractivity contribution >= 4 is 49.8 Å². The highest BCUT2D eigenvalue weighted by Gasteiger charge is 2.21. The van der Waals surface area contributed by atoms with Crippen LogP contribution in [0.15, 0.2) is 76.5 Å². The first-order valence-corrected chi connectivity index (χ1v) is 11.7. The number of amides is 1. The second kappa shape index (κ2) is 9.21. The van der Waals surface area contributed by atoms with E-state index in [1.54, 1.807) is 48.5 Å². The molecule has 29 heavy (non-hydrogen) atoms. The second-order valence-electron chi connectivity index (χ2n) is 5.76. The van der Waals surface area contributed by atoms with E-state index >= 15 is 0 Å². The summed E-state index contributed by atoms with van der Waals surface area (Å²) in [4.78, 5) is 12.6. The van der Waals surface area contributed by atoms with Crippen molar-refractivity contribution in [3.8, 4) is 0 Å². The summed E-state index contributed by atoms with van der Waals surface area (Å²) in [7, 11) is -2.20. The van der Waals surface area contributed by atoms with Gasteiger partial charge < -0.3 is 0 Å². The number of nitrogens with one attached hydrogen (secondary N) is 1. The molecule has 0 aliphatic rings. The zero-order chi connectivity index (χ0) is 20.9. The molecule has 0 radical (unpaired) electrons. The van der Waals surface area contributed by atoms with Gasteiger partial charge in [0.05, 0.1) is 10.6 Å². The van der Waals surface area contributed by atoms with Crippen LogP contribution >= 0.6 is 23.1 Å². The number of carbonyl (C=O) groups excluding carboxylic acids is 1. The third-order valence-electron chi connectivity index (χ3n) is 3.85. The van der Waals surface area contributed by atoms with Crippen LogP contribution in [0.3, 0.4) is 0 Å². The summed E-state index contributed by atoms with van der Waals surface area (Å²) in [5.74, 6) is 0.366. The summed E-state index contributed by atoms with van der Waals surface area (Å²) in [6.45, 7) is 3.65. The number of carbonyl (C=O) groups is 1. The van der Waals surface area contributed by atoms with Gasteiger partial charge in [-0.1, -0.05) is 47.4 Å². The molecule has 1 aromatic heterocycles. The SMILES string of the molecule is C=CCSc1nnc(NC(=O)c2ccc(N(C)S(=O)(=O)c3ccccc3)cc2)s1. The molecular weight excluding hydrogens is 428 g/mol. The van der Waals surface area contributed by atoms with E-state index in [4.69, 9.17) is 0 Å². The Bertz CT molecular complexity index is 1100. The van der Waals surface area contributed by atoms with Crippen molar-refractivity contribution in [2.45, 2.75) is 9.24 Å². The Morgan fingerprint density at radius 2 is 1.86 bits per heavy atom. The Labute approximate surface area is 177 Å². The van der Waals surface area contributed by atoms with Crippen molar-refractivity contribution in [3.05, 3.63) is 72.8 Å². The predicted molar refractivity (Wildman–Crippen MR) is 117 cm³/mol. The fourth-order valence-electron chi connectivity index (χ4n) is 2.33. The Hall–Kier alpha value is -2.69. The molecule has 7 nitrogen and oxygen atoms in total. The van der Waals surface area contributed by atoms with E-state index in [-0.39, 0.29) is 10.8 Å². The Morgan fingerprint density at radius 3 is 2.52 bits per heavy atom. The number of benzene rings is 2. The highest BCUT2D eigenvalue weighted by atomic mass is 32.2. The van der Waals surface area contributed by atoms with Crippen molar-refractivity contribution < 1.29 is 13.2 Å². The summed E-state index contributed by atoms with van der Waals surface area (Å²) in [5.41, 5.74) is 0.833. The minimum absolute atomic E-state index is 0.200. The number of hydrogen-bond acceptors (Lipinski definition) is 7. The third-order valence-corrected chi connectivity index (χ3v) is 7.61. The molecule has 10 heteroatoms. The van der Waals surface area contributed by atoms with Crippen molar-refractivity contribution in [3.63, 3.8) is 0 Å². The van der Waals surface area contributed by atoms with Crippen LogP contribution in [0.25, 0.3) is 0 Å². The Balaban J connectivity index is 1.70. The molecule has 0 aliphatic carbocycles. The molecular formula is C19H18N4O3S3. The van der Waals surface area contributed by atoms with E-state index in [1.165, 1.54) is 46.6 Å². The second-order valence-corrected chi connectivity index (χ2v) is 9.97. The van der Waals surface area contributed by atoms with E-state index < -0.39 is 10.0 Å². The number of nitrogens with zero attached hydrogens (tertiary/aromatic N) is 3. The van der Waals surface area contributed by atoms with Gasteiger partial charge in [-0.05, 0) is 36.4 Å². The highest BCUT2D eigenvalue weighted by Crippen LogP contribution is 2.26. The van der Waals surface area contributed by atoms with Crippen LogP contribution < -0.4 is 9.62 Å². The number of anilines is 2. The quantitative estimate of drug-likeness (QED) is 0.321. The lowest BCUT2D eigenvalue weighted by atomic mass is 10.2. The van der Waals surface area contributed by atoms with Gasteiger partial charge in [-0.2, -0.15) is 0 Å². The average Bonchev–Trinajstić information content (AvgIpc) is 3.19. The van der Waals surface area contributed by atoms with Gasteiger partial charge in [0.25, 0.3) is 15.9 Å². The maximum atomic E-state index is 12.7. The topological polar surface area (TPSA) is 92.3 Å². The summed E-state index contributed by atoms with van der Waals surface area (Å²) in [6, 6.07) is 14.5. The number of thioether (sulfide) groups is 1. The third kappa shape index (κ3) is 5.03. The van der Waals surface area contributed by atoms with Crippen LogP contribution in [0.2, 0.25) is 0 Å². The standard InChI is InChI=1S/C19H18N4O3S3/c1-3-13-27-19-22-21-18(28-19)20-17(24)14-9-11-15(12-10-14)23(2)29(25,26)16-7-5-4-6-8-16/h3-12H,1,13H2,2H3,(H,20,21,24). The summed E-state index contributed by atoms with van der Waals surface area (Å²) in [5, 5.41) is 11.0. The van der Waals surface area contributed by atoms with Gasteiger partial charge >= 0.3 is 0 Å². The van der Waals surface area contributed by atoms with E-state index in [0.717, 1.165) is 4.34 Å². The molecule has 0 unspecified atom stereocenters. The van der Waals surface area contributed by atoms with Gasteiger partial charge in [0, 0.05) is 18.4 Å². The van der Waals surface area contributed by atoms with Crippen molar-refractivity contribution in [1.29, 1.82) is 0 Å². The molecule has 150 valence electrons. The first-order valence-electron chi connectivity index (χ1n) is 8.44. The fraction of sp³-hybridized carbons (Fsp3) is 0.105. The lowest BCUT2D eigenvalue weighted by molar-refractivity contribution is 0.102. The molecule has 3 rings (SSSR count). The number of rotatable bonds is 8. The van der Waals surface area contributed by atoms with Gasteiger partial charge in [0.15, 0.2) is 4.34 Å². The molecule has 0 aliphatic heterocycles. The number of hydrogen-bond donors (Lipinski definition) is 1. The average molecular weight is 447 g/mol. The minimum atomic E-state index is -3.67. The molecule has 0 bridgehead atoms. The molecule has 3 aromatic rings. The fourth-order valence-corrected chi connectivity index (χ4v) is 5.05. The monoisotopic (exact) mass is 446 g/mol. The predicted octanol–water partition coefficient (Wildman–Crippen LogP) is 3.89. The lowest BCUT2D eigenvalue weighted by Crippen LogP contribution is -2.26. The first-order chi connectivity index (χ1) is 13.9. The highest BCUT2D eigenvalue weighted by molar-refractivity contribution is 8.01. The van der Waals surface area contributed by atoms with Crippen LogP contribution in [-0.2, 0) is 10.0 Å². The van der Waals surface area contributed by atoms with Crippen LogP contribution in [0.1, 0.15) is 10.4 Å². The Morgan fingerprint density at radius 1 is 1.17 bits per heavy atom. The van der Waals surface area contributed by atoms with Crippen molar-refractivity contribution in [2.24, 2.45) is 0 Å². The van der Waals surface area contributed by atoms with E-state index in [0.29, 0.717) is 22.1 Å². The first kappa shape index (κ1) is 21.0. The summed E-state index contributed by atoms with van der Waals surface area (Å²) < 4.78 is 27.3. The zero-order valence-electron chi connectivity index (χ0n) is 15.5. The minimum Gasteiger partial charge on any atom is -0.296 e. The number of aromatic nitrogens is 2. The Kier molecular flexibility index (Phi) is 6.68. The van der Waals surface area contributed by atoms with Gasteiger partial charge in [0.2, 0.25) is 5.13 Å². The summed E-state index contributed by atoms with van der Waals surface area (Å²) in [6.07, 6.45) is 1.76. The lowest BCUT2D eigenvalue weighted by Gasteiger charge is -2.19. The van der Waals surface area contributed by atoms with Gasteiger partial charge in [-0.15, -0.1) is 16.8 Å². The molecule has 2 aromatic carbocycles. The smallest absolute Gasteiger partial charge is 0.264 e. The van der Waals surface area contributed by atoms with Crippen LogP contribution in [0.4, 0.5) is 10.8 Å². The van der Waals surface area contributed by atoms with E-state index in [9.17, 15) is 13.2 Å². The molecule has 0 spiro atoms. The van der Waals surface area contributed by atoms with Gasteiger partial charge in [0.1, 0.15) is 0 Å². The van der Waals surface area contributed by atoms with Crippen LogP contribution in [-0.4, -0.2) is 37.3 Å². The van der Waals surface area contributed by atoms with Gasteiger partial charge in [-0.25, -0.2) is 8.42 Å². The molecule has 0 saturated heterocycles. The largest absolute Gasteiger partial charge is 0.296 e. The normalized spacial score (nSPS) is 11.1. The molecule has 1 heterocycles. The van der Waals surface area contributed by atoms with Crippen molar-refractivity contribution in [1.82, 2.24) is 10.2 Å². The van der Waals surface area contributed by atoms with E-state index in [2.05, 4.69) is 22.1 Å². The zero-order valence-corrected chi connectivity index (χ0v) is 17.9. The summed E-state index contributed by atoms with van der Waals surface area (Å²) >= 11 is 2.76. The number of sulfonamides is 1. The maximum absolute atomic E-state index is 12.7.